The highest BCUT2D eigenvalue weighted by Gasteiger charge is 2.25. The van der Waals surface area contributed by atoms with E-state index in [1.54, 1.807) is 15.9 Å². The lowest BCUT2D eigenvalue weighted by Gasteiger charge is -2.28. The molecule has 0 fully saturated rings. The molecule has 0 spiro atoms. The Balaban J connectivity index is 1.47. The molecule has 1 atom stereocenters. The first-order chi connectivity index (χ1) is 17.4. The van der Waals surface area contributed by atoms with Crippen LogP contribution in [0.4, 0.5) is 4.39 Å². The fraction of sp³-hybridized carbons (Fsp3) is 0.357. The lowest BCUT2D eigenvalue weighted by molar-refractivity contribution is -0.112. The van der Waals surface area contributed by atoms with Crippen LogP contribution in [-0.2, 0) is 30.1 Å². The van der Waals surface area contributed by atoms with Crippen LogP contribution < -0.4 is 10.3 Å². The van der Waals surface area contributed by atoms with Gasteiger partial charge in [-0.05, 0) is 37.0 Å². The van der Waals surface area contributed by atoms with Crippen LogP contribution >= 0.6 is 23.1 Å². The molecule has 4 aromatic rings. The number of hydrogen-bond acceptors (Lipinski definition) is 6. The first kappa shape index (κ1) is 25.0. The van der Waals surface area contributed by atoms with E-state index in [9.17, 15) is 9.18 Å². The van der Waals surface area contributed by atoms with Gasteiger partial charge in [0.25, 0.3) is 5.56 Å². The van der Waals surface area contributed by atoms with Crippen molar-refractivity contribution in [2.45, 2.75) is 64.0 Å². The fourth-order valence-electron chi connectivity index (χ4n) is 4.22. The van der Waals surface area contributed by atoms with Gasteiger partial charge in [0.2, 0.25) is 6.29 Å². The molecule has 0 radical (unpaired) electrons. The molecule has 5 rings (SSSR count). The van der Waals surface area contributed by atoms with Gasteiger partial charge >= 0.3 is 0 Å². The molecule has 188 valence electrons. The monoisotopic (exact) mass is 524 g/mol. The average molecular weight is 525 g/mol. The minimum Gasteiger partial charge on any atom is -0.460 e. The van der Waals surface area contributed by atoms with Crippen LogP contribution in [-0.4, -0.2) is 9.55 Å². The van der Waals surface area contributed by atoms with Crippen molar-refractivity contribution < 1.29 is 13.9 Å². The summed E-state index contributed by atoms with van der Waals surface area (Å²) < 4.78 is 28.4. The molecule has 0 saturated carbocycles. The van der Waals surface area contributed by atoms with Gasteiger partial charge in [0.15, 0.2) is 5.16 Å². The van der Waals surface area contributed by atoms with Crippen LogP contribution in [0.3, 0.4) is 0 Å². The van der Waals surface area contributed by atoms with Crippen molar-refractivity contribution in [2.24, 2.45) is 5.92 Å². The molecule has 8 heteroatoms. The van der Waals surface area contributed by atoms with Crippen LogP contribution in [0.1, 0.15) is 55.0 Å². The molecule has 3 heterocycles. The molecule has 1 aliphatic heterocycles. The van der Waals surface area contributed by atoms with Crippen molar-refractivity contribution in [2.75, 3.05) is 0 Å². The quantitative estimate of drug-likeness (QED) is 0.182. The largest absolute Gasteiger partial charge is 0.460 e. The second kappa shape index (κ2) is 10.7. The summed E-state index contributed by atoms with van der Waals surface area (Å²) in [4.78, 5) is 20.2. The number of halogens is 1. The SMILES string of the molecule is CCc1cc2c(=O)n(CCC(C)C)c(SCc3cc(F)cc4c3OC(c3ccccc3)OC4)nc2s1. The van der Waals surface area contributed by atoms with Crippen molar-refractivity contribution in [1.29, 1.82) is 0 Å². The molecular weight excluding hydrogens is 495 g/mol. The van der Waals surface area contributed by atoms with E-state index in [1.807, 2.05) is 36.4 Å². The number of hydrogen-bond donors (Lipinski definition) is 0. The minimum absolute atomic E-state index is 0.00540. The predicted octanol–water partition coefficient (Wildman–Crippen LogP) is 7.11. The summed E-state index contributed by atoms with van der Waals surface area (Å²) in [5.74, 6) is 1.19. The second-order valence-electron chi connectivity index (χ2n) is 9.33. The Morgan fingerprint density at radius 1 is 1.22 bits per heavy atom. The van der Waals surface area contributed by atoms with Crippen LogP contribution in [0.2, 0.25) is 0 Å². The maximum atomic E-state index is 14.5. The van der Waals surface area contributed by atoms with E-state index in [0.29, 0.717) is 40.1 Å². The number of thioether (sulfide) groups is 1. The summed E-state index contributed by atoms with van der Waals surface area (Å²) in [5.41, 5.74) is 2.31. The Hall–Kier alpha value is -2.68. The summed E-state index contributed by atoms with van der Waals surface area (Å²) in [7, 11) is 0. The van der Waals surface area contributed by atoms with Gasteiger partial charge in [0, 0.05) is 33.9 Å². The van der Waals surface area contributed by atoms with Gasteiger partial charge in [-0.25, -0.2) is 9.37 Å². The summed E-state index contributed by atoms with van der Waals surface area (Å²) in [6.07, 6.45) is 1.19. The Bertz CT molecular complexity index is 1430. The smallest absolute Gasteiger partial charge is 0.262 e. The molecule has 1 unspecified atom stereocenters. The molecular formula is C28H29FN2O3S2. The zero-order valence-corrected chi connectivity index (χ0v) is 22.3. The van der Waals surface area contributed by atoms with E-state index in [4.69, 9.17) is 14.5 Å². The number of benzene rings is 2. The summed E-state index contributed by atoms with van der Waals surface area (Å²) in [5, 5.41) is 1.33. The number of aryl methyl sites for hydroxylation is 1. The number of nitrogens with zero attached hydrogens (tertiary/aromatic N) is 2. The third-order valence-corrected chi connectivity index (χ3v) is 8.40. The van der Waals surface area contributed by atoms with Gasteiger partial charge in [0.1, 0.15) is 16.4 Å². The molecule has 36 heavy (non-hydrogen) atoms. The Morgan fingerprint density at radius 3 is 2.78 bits per heavy atom. The molecule has 0 aliphatic carbocycles. The molecule has 2 aromatic carbocycles. The van der Waals surface area contributed by atoms with Crippen LogP contribution in [0.25, 0.3) is 10.2 Å². The van der Waals surface area contributed by atoms with Gasteiger partial charge in [-0.15, -0.1) is 11.3 Å². The second-order valence-corrected chi connectivity index (χ2v) is 11.4. The number of rotatable bonds is 8. The predicted molar refractivity (Wildman–Crippen MR) is 143 cm³/mol. The van der Waals surface area contributed by atoms with Crippen LogP contribution in [0.15, 0.2) is 58.5 Å². The molecule has 0 saturated heterocycles. The van der Waals surface area contributed by atoms with E-state index < -0.39 is 6.29 Å². The van der Waals surface area contributed by atoms with Gasteiger partial charge in [-0.3, -0.25) is 9.36 Å². The van der Waals surface area contributed by atoms with E-state index >= 15 is 0 Å². The van der Waals surface area contributed by atoms with E-state index in [2.05, 4.69) is 20.8 Å². The van der Waals surface area contributed by atoms with Crippen molar-refractivity contribution in [3.05, 3.63) is 86.3 Å². The molecule has 1 aliphatic rings. The molecule has 5 nitrogen and oxygen atoms in total. The molecule has 2 aromatic heterocycles. The average Bonchev–Trinajstić information content (AvgIpc) is 3.30. The standard InChI is InChI=1S/C28H29FN2O3S2/c1-4-22-14-23-25(36-22)30-28(31(26(23)32)11-10-17(2)3)35-16-20-13-21(29)12-19-15-33-27(34-24(19)20)18-8-6-5-7-9-18/h5-9,12-14,17,27H,4,10-11,15-16H2,1-3H3. The summed E-state index contributed by atoms with van der Waals surface area (Å²) in [6, 6.07) is 14.7. The van der Waals surface area contributed by atoms with Crippen molar-refractivity contribution >= 4 is 33.3 Å². The minimum atomic E-state index is -0.551. The van der Waals surface area contributed by atoms with Crippen molar-refractivity contribution in [3.63, 3.8) is 0 Å². The normalized spacial score (nSPS) is 15.3. The number of thiophene rings is 1. The van der Waals surface area contributed by atoms with Crippen LogP contribution in [0.5, 0.6) is 5.75 Å². The van der Waals surface area contributed by atoms with Crippen molar-refractivity contribution in [1.82, 2.24) is 9.55 Å². The summed E-state index contributed by atoms with van der Waals surface area (Å²) >= 11 is 3.01. The number of aromatic nitrogens is 2. The Morgan fingerprint density at radius 2 is 2.03 bits per heavy atom. The van der Waals surface area contributed by atoms with E-state index in [-0.39, 0.29) is 18.0 Å². The van der Waals surface area contributed by atoms with Gasteiger partial charge in [-0.2, -0.15) is 0 Å². The third-order valence-electron chi connectivity index (χ3n) is 6.20. The first-order valence-electron chi connectivity index (χ1n) is 12.2. The number of ether oxygens (including phenoxy) is 2. The van der Waals surface area contributed by atoms with E-state index in [0.717, 1.165) is 33.7 Å². The fourth-order valence-corrected chi connectivity index (χ4v) is 6.22. The maximum Gasteiger partial charge on any atom is 0.262 e. The number of fused-ring (bicyclic) bond motifs is 2. The lowest BCUT2D eigenvalue weighted by atomic mass is 10.1. The third kappa shape index (κ3) is 5.21. The highest BCUT2D eigenvalue weighted by atomic mass is 32.2. The van der Waals surface area contributed by atoms with Gasteiger partial charge in [0.05, 0.1) is 12.0 Å². The van der Waals surface area contributed by atoms with Crippen LogP contribution in [0, 0.1) is 11.7 Å². The Labute approximate surface area is 218 Å². The lowest BCUT2D eigenvalue weighted by Crippen LogP contribution is -2.23. The zero-order chi connectivity index (χ0) is 25.2. The van der Waals surface area contributed by atoms with E-state index in [1.165, 1.54) is 23.9 Å². The Kier molecular flexibility index (Phi) is 7.46. The first-order valence-corrected chi connectivity index (χ1v) is 14.0. The van der Waals surface area contributed by atoms with Gasteiger partial charge in [-0.1, -0.05) is 62.9 Å². The van der Waals surface area contributed by atoms with Crippen molar-refractivity contribution in [3.8, 4) is 5.75 Å². The van der Waals surface area contributed by atoms with Gasteiger partial charge < -0.3 is 9.47 Å². The summed E-state index contributed by atoms with van der Waals surface area (Å²) in [6.45, 7) is 7.23. The highest BCUT2D eigenvalue weighted by molar-refractivity contribution is 7.98. The maximum absolute atomic E-state index is 14.5. The highest BCUT2D eigenvalue weighted by Crippen LogP contribution is 2.39. The molecule has 0 N–H and O–H groups in total. The molecule has 0 bridgehead atoms. The topological polar surface area (TPSA) is 53.4 Å². The zero-order valence-electron chi connectivity index (χ0n) is 20.6. The molecule has 0 amide bonds.